The second-order valence-electron chi connectivity index (χ2n) is 3.11. The molecular formula is C11H11NO. The second kappa shape index (κ2) is 3.44. The third-order valence-electron chi connectivity index (χ3n) is 2.23. The van der Waals surface area contributed by atoms with Crippen LogP contribution < -0.4 is 5.32 Å². The van der Waals surface area contributed by atoms with Crippen molar-refractivity contribution in [2.75, 3.05) is 0 Å². The molecule has 1 heterocycles. The van der Waals surface area contributed by atoms with Crippen LogP contribution in [0.3, 0.4) is 0 Å². The average Bonchev–Trinajstić information content (AvgIpc) is 2.20. The van der Waals surface area contributed by atoms with Crippen LogP contribution in [0.5, 0.6) is 0 Å². The van der Waals surface area contributed by atoms with Gasteiger partial charge in [-0.05, 0) is 18.2 Å². The lowest BCUT2D eigenvalue weighted by molar-refractivity contribution is -0.121. The molecule has 0 aliphatic carbocycles. The fraction of sp³-hybridized carbons (Fsp3) is 0.182. The maximum absolute atomic E-state index is 11.4. The highest BCUT2D eigenvalue weighted by atomic mass is 16.1. The summed E-state index contributed by atoms with van der Waals surface area (Å²) in [6, 6.07) is 9.86. The van der Waals surface area contributed by atoms with E-state index in [4.69, 9.17) is 0 Å². The molecule has 2 heteroatoms. The Bertz CT molecular complexity index is 329. The number of hydrogen-bond acceptors (Lipinski definition) is 1. The molecule has 1 unspecified atom stereocenters. The molecule has 1 amide bonds. The van der Waals surface area contributed by atoms with Crippen molar-refractivity contribution in [1.82, 2.24) is 5.32 Å². The SMILES string of the molecule is O=C1NC=CCC1c1ccccc1. The first-order valence-electron chi connectivity index (χ1n) is 4.38. The van der Waals surface area contributed by atoms with Crippen LogP contribution in [0, 0.1) is 0 Å². The van der Waals surface area contributed by atoms with Crippen LogP contribution in [0.4, 0.5) is 0 Å². The summed E-state index contributed by atoms with van der Waals surface area (Å²) < 4.78 is 0. The van der Waals surface area contributed by atoms with Crippen molar-refractivity contribution in [1.29, 1.82) is 0 Å². The van der Waals surface area contributed by atoms with E-state index in [9.17, 15) is 4.79 Å². The van der Waals surface area contributed by atoms with Crippen molar-refractivity contribution >= 4 is 5.91 Å². The van der Waals surface area contributed by atoms with Gasteiger partial charge in [-0.2, -0.15) is 0 Å². The van der Waals surface area contributed by atoms with Gasteiger partial charge in [-0.3, -0.25) is 4.79 Å². The third kappa shape index (κ3) is 1.61. The summed E-state index contributed by atoms with van der Waals surface area (Å²) in [5.41, 5.74) is 1.09. The highest BCUT2D eigenvalue weighted by Gasteiger charge is 2.20. The number of allylic oxidation sites excluding steroid dienone is 1. The third-order valence-corrected chi connectivity index (χ3v) is 2.23. The molecular weight excluding hydrogens is 162 g/mol. The molecule has 0 spiro atoms. The summed E-state index contributed by atoms with van der Waals surface area (Å²) in [6.07, 6.45) is 4.50. The van der Waals surface area contributed by atoms with Gasteiger partial charge >= 0.3 is 0 Å². The largest absolute Gasteiger partial charge is 0.332 e. The van der Waals surface area contributed by atoms with Crippen molar-refractivity contribution in [3.8, 4) is 0 Å². The van der Waals surface area contributed by atoms with Gasteiger partial charge in [-0.1, -0.05) is 36.4 Å². The number of carbonyl (C=O) groups excluding carboxylic acids is 1. The summed E-state index contributed by atoms with van der Waals surface area (Å²) >= 11 is 0. The van der Waals surface area contributed by atoms with Gasteiger partial charge in [0.15, 0.2) is 0 Å². The minimum Gasteiger partial charge on any atom is -0.332 e. The minimum absolute atomic E-state index is 0.00815. The number of nitrogens with one attached hydrogen (secondary N) is 1. The zero-order valence-corrected chi connectivity index (χ0v) is 7.23. The van der Waals surface area contributed by atoms with Crippen molar-refractivity contribution in [2.24, 2.45) is 0 Å². The molecule has 0 aromatic heterocycles. The van der Waals surface area contributed by atoms with E-state index < -0.39 is 0 Å². The van der Waals surface area contributed by atoms with Gasteiger partial charge in [-0.25, -0.2) is 0 Å². The van der Waals surface area contributed by atoms with Gasteiger partial charge < -0.3 is 5.32 Å². The topological polar surface area (TPSA) is 29.1 Å². The predicted octanol–water partition coefficient (Wildman–Crippen LogP) is 1.80. The van der Waals surface area contributed by atoms with Gasteiger partial charge in [0, 0.05) is 0 Å². The molecule has 0 saturated carbocycles. The Hall–Kier alpha value is -1.57. The fourth-order valence-corrected chi connectivity index (χ4v) is 1.53. The van der Waals surface area contributed by atoms with Gasteiger partial charge in [0.25, 0.3) is 0 Å². The molecule has 2 rings (SSSR count). The molecule has 13 heavy (non-hydrogen) atoms. The molecule has 1 atom stereocenters. The lowest BCUT2D eigenvalue weighted by atomic mass is 9.93. The molecule has 1 aromatic rings. The first-order valence-corrected chi connectivity index (χ1v) is 4.38. The molecule has 0 radical (unpaired) electrons. The van der Waals surface area contributed by atoms with E-state index in [1.54, 1.807) is 6.20 Å². The summed E-state index contributed by atoms with van der Waals surface area (Å²) in [7, 11) is 0. The lowest BCUT2D eigenvalue weighted by Crippen LogP contribution is -2.27. The Morgan fingerprint density at radius 2 is 2.00 bits per heavy atom. The highest BCUT2D eigenvalue weighted by molar-refractivity contribution is 5.85. The summed E-state index contributed by atoms with van der Waals surface area (Å²) in [6.45, 7) is 0. The smallest absolute Gasteiger partial charge is 0.231 e. The van der Waals surface area contributed by atoms with Crippen LogP contribution in [0.1, 0.15) is 17.9 Å². The number of carbonyl (C=O) groups is 1. The number of hydrogen-bond donors (Lipinski definition) is 1. The maximum atomic E-state index is 11.4. The monoisotopic (exact) mass is 173 g/mol. The fourth-order valence-electron chi connectivity index (χ4n) is 1.53. The molecule has 2 nitrogen and oxygen atoms in total. The number of benzene rings is 1. The zero-order valence-electron chi connectivity index (χ0n) is 7.23. The minimum atomic E-state index is -0.00815. The summed E-state index contributed by atoms with van der Waals surface area (Å²) in [5, 5.41) is 2.71. The van der Waals surface area contributed by atoms with E-state index >= 15 is 0 Å². The Balaban J connectivity index is 2.26. The molecule has 0 bridgehead atoms. The number of rotatable bonds is 1. The Morgan fingerprint density at radius 1 is 1.23 bits per heavy atom. The van der Waals surface area contributed by atoms with E-state index in [0.717, 1.165) is 12.0 Å². The highest BCUT2D eigenvalue weighted by Crippen LogP contribution is 2.21. The van der Waals surface area contributed by atoms with Crippen LogP contribution in [0.25, 0.3) is 0 Å². The lowest BCUT2D eigenvalue weighted by Gasteiger charge is -2.17. The van der Waals surface area contributed by atoms with Crippen molar-refractivity contribution < 1.29 is 4.79 Å². The maximum Gasteiger partial charge on any atom is 0.231 e. The Kier molecular flexibility index (Phi) is 2.13. The Labute approximate surface area is 77.3 Å². The van der Waals surface area contributed by atoms with Crippen LogP contribution in [0.15, 0.2) is 42.6 Å². The second-order valence-corrected chi connectivity index (χ2v) is 3.11. The molecule has 1 aliphatic rings. The predicted molar refractivity (Wildman–Crippen MR) is 51.1 cm³/mol. The Morgan fingerprint density at radius 3 is 2.69 bits per heavy atom. The van der Waals surface area contributed by atoms with E-state index in [0.29, 0.717) is 0 Å². The van der Waals surface area contributed by atoms with Gasteiger partial charge in [0.05, 0.1) is 5.92 Å². The van der Waals surface area contributed by atoms with Gasteiger partial charge in [0.2, 0.25) is 5.91 Å². The van der Waals surface area contributed by atoms with Crippen molar-refractivity contribution in [3.05, 3.63) is 48.2 Å². The van der Waals surface area contributed by atoms with Crippen molar-refractivity contribution in [3.63, 3.8) is 0 Å². The summed E-state index contributed by atoms with van der Waals surface area (Å²) in [4.78, 5) is 11.4. The van der Waals surface area contributed by atoms with Gasteiger partial charge in [0.1, 0.15) is 0 Å². The quantitative estimate of drug-likeness (QED) is 0.689. The van der Waals surface area contributed by atoms with Crippen LogP contribution >= 0.6 is 0 Å². The molecule has 0 fully saturated rings. The average molecular weight is 173 g/mol. The molecule has 66 valence electrons. The van der Waals surface area contributed by atoms with E-state index in [1.165, 1.54) is 0 Å². The van der Waals surface area contributed by atoms with Crippen LogP contribution in [-0.2, 0) is 4.79 Å². The molecule has 1 aliphatic heterocycles. The van der Waals surface area contributed by atoms with Gasteiger partial charge in [-0.15, -0.1) is 0 Å². The first-order chi connectivity index (χ1) is 6.38. The normalized spacial score (nSPS) is 21.2. The summed E-state index contributed by atoms with van der Waals surface area (Å²) in [5.74, 6) is 0.0832. The number of amides is 1. The van der Waals surface area contributed by atoms with Crippen molar-refractivity contribution in [2.45, 2.75) is 12.3 Å². The van der Waals surface area contributed by atoms with E-state index in [1.807, 2.05) is 36.4 Å². The molecule has 0 saturated heterocycles. The standard InChI is InChI=1S/C11H11NO/c13-11-10(7-4-8-12-11)9-5-2-1-3-6-9/h1-6,8,10H,7H2,(H,12,13). The van der Waals surface area contributed by atoms with Crippen LogP contribution in [0.2, 0.25) is 0 Å². The van der Waals surface area contributed by atoms with Crippen LogP contribution in [-0.4, -0.2) is 5.91 Å². The molecule has 1 aromatic carbocycles. The van der Waals surface area contributed by atoms with E-state index in [-0.39, 0.29) is 11.8 Å². The zero-order chi connectivity index (χ0) is 9.10. The van der Waals surface area contributed by atoms with E-state index in [2.05, 4.69) is 5.32 Å². The molecule has 1 N–H and O–H groups in total. The first kappa shape index (κ1) is 8.05.